The van der Waals surface area contributed by atoms with Gasteiger partial charge in [-0.25, -0.2) is 0 Å². The molecule has 0 unspecified atom stereocenters. The molecule has 0 fully saturated rings. The number of phenolic OH excluding ortho intramolecular Hbond substituents is 1. The fraction of sp³-hybridized carbons (Fsp3) is 0.188. The van der Waals surface area contributed by atoms with E-state index in [-0.39, 0.29) is 23.7 Å². The fourth-order valence-corrected chi connectivity index (χ4v) is 1.81. The maximum Gasteiger partial charge on any atom is 0.311 e. The van der Waals surface area contributed by atoms with Gasteiger partial charge in [0.2, 0.25) is 5.75 Å². The molecule has 0 aliphatic carbocycles. The molecule has 2 aromatic carbocycles. The van der Waals surface area contributed by atoms with Gasteiger partial charge in [0, 0.05) is 6.42 Å². The van der Waals surface area contributed by atoms with Crippen molar-refractivity contribution in [1.82, 2.24) is 0 Å². The molecule has 0 aliphatic heterocycles. The molecule has 2 aromatic rings. The van der Waals surface area contributed by atoms with Crippen molar-refractivity contribution in [1.29, 1.82) is 0 Å². The average molecular weight is 272 g/mol. The Morgan fingerprint density at radius 1 is 1.05 bits per heavy atom. The van der Waals surface area contributed by atoms with Crippen molar-refractivity contribution in [2.75, 3.05) is 7.11 Å². The fourth-order valence-electron chi connectivity index (χ4n) is 1.81. The molecule has 0 amide bonds. The lowest BCUT2D eigenvalue weighted by molar-refractivity contribution is -0.134. The summed E-state index contributed by atoms with van der Waals surface area (Å²) < 4.78 is 10.1. The number of para-hydroxylation sites is 1. The number of aryl methyl sites for hydroxylation is 1. The van der Waals surface area contributed by atoms with Crippen molar-refractivity contribution in [2.45, 2.75) is 12.8 Å². The lowest BCUT2D eigenvalue weighted by Gasteiger charge is -2.09. The van der Waals surface area contributed by atoms with Gasteiger partial charge in [0.25, 0.3) is 0 Å². The van der Waals surface area contributed by atoms with Gasteiger partial charge in [-0.1, -0.05) is 36.4 Å². The number of rotatable bonds is 5. The number of hydrogen-bond donors (Lipinski definition) is 1. The Balaban J connectivity index is 1.95. The summed E-state index contributed by atoms with van der Waals surface area (Å²) in [5.41, 5.74) is 1.07. The third kappa shape index (κ3) is 3.51. The summed E-state index contributed by atoms with van der Waals surface area (Å²) in [7, 11) is 1.44. The van der Waals surface area contributed by atoms with Crippen LogP contribution in [0.4, 0.5) is 0 Å². The lowest BCUT2D eigenvalue weighted by atomic mass is 10.1. The predicted octanol–water partition coefficient (Wildman–Crippen LogP) is 2.94. The van der Waals surface area contributed by atoms with Crippen LogP contribution in [0.15, 0.2) is 48.5 Å². The summed E-state index contributed by atoms with van der Waals surface area (Å²) in [4.78, 5) is 11.8. The van der Waals surface area contributed by atoms with E-state index in [4.69, 9.17) is 9.47 Å². The van der Waals surface area contributed by atoms with E-state index in [2.05, 4.69) is 0 Å². The van der Waals surface area contributed by atoms with Gasteiger partial charge in [0.15, 0.2) is 11.5 Å². The molecule has 0 atom stereocenters. The molecule has 1 N–H and O–H groups in total. The second-order valence-corrected chi connectivity index (χ2v) is 4.27. The van der Waals surface area contributed by atoms with E-state index in [1.165, 1.54) is 13.2 Å². The van der Waals surface area contributed by atoms with Gasteiger partial charge >= 0.3 is 5.97 Å². The van der Waals surface area contributed by atoms with Crippen molar-refractivity contribution < 1.29 is 19.4 Å². The minimum atomic E-state index is -0.391. The number of aromatic hydroxyl groups is 1. The van der Waals surface area contributed by atoms with Gasteiger partial charge in [-0.15, -0.1) is 0 Å². The zero-order valence-corrected chi connectivity index (χ0v) is 11.2. The molecule has 0 saturated heterocycles. The number of carbonyl (C=O) groups is 1. The first kappa shape index (κ1) is 13.9. The van der Waals surface area contributed by atoms with Crippen molar-refractivity contribution in [2.24, 2.45) is 0 Å². The highest BCUT2D eigenvalue weighted by Crippen LogP contribution is 2.35. The Labute approximate surface area is 117 Å². The largest absolute Gasteiger partial charge is 0.502 e. The topological polar surface area (TPSA) is 55.8 Å². The number of esters is 1. The Hall–Kier alpha value is -2.49. The summed E-state index contributed by atoms with van der Waals surface area (Å²) in [6, 6.07) is 14.5. The van der Waals surface area contributed by atoms with Gasteiger partial charge in [0.1, 0.15) is 0 Å². The molecule has 0 radical (unpaired) electrons. The van der Waals surface area contributed by atoms with Gasteiger partial charge in [-0.2, -0.15) is 0 Å². The minimum absolute atomic E-state index is 0.113. The third-order valence-corrected chi connectivity index (χ3v) is 2.87. The number of phenols is 1. The molecular formula is C16H16O4. The number of methoxy groups -OCH3 is 1. The second kappa shape index (κ2) is 6.61. The Morgan fingerprint density at radius 2 is 1.75 bits per heavy atom. The highest BCUT2D eigenvalue weighted by molar-refractivity contribution is 5.74. The number of benzene rings is 2. The molecule has 0 heterocycles. The second-order valence-electron chi connectivity index (χ2n) is 4.27. The molecule has 2 rings (SSSR count). The van der Waals surface area contributed by atoms with Gasteiger partial charge in [0.05, 0.1) is 7.11 Å². The first-order chi connectivity index (χ1) is 9.70. The van der Waals surface area contributed by atoms with Crippen molar-refractivity contribution >= 4 is 5.97 Å². The maximum absolute atomic E-state index is 11.8. The Morgan fingerprint density at radius 3 is 2.45 bits per heavy atom. The van der Waals surface area contributed by atoms with E-state index in [9.17, 15) is 9.90 Å². The van der Waals surface area contributed by atoms with Crippen LogP contribution >= 0.6 is 0 Å². The molecule has 0 saturated carbocycles. The molecule has 0 spiro atoms. The van der Waals surface area contributed by atoms with Crippen LogP contribution in [0, 0.1) is 0 Å². The molecule has 4 heteroatoms. The zero-order valence-electron chi connectivity index (χ0n) is 11.2. The molecule has 0 aliphatic rings. The molecule has 0 aromatic heterocycles. The van der Waals surface area contributed by atoms with Crippen molar-refractivity contribution in [3.05, 3.63) is 54.1 Å². The molecule has 104 valence electrons. The van der Waals surface area contributed by atoms with Crippen LogP contribution < -0.4 is 9.47 Å². The first-order valence-corrected chi connectivity index (χ1v) is 6.31. The summed E-state index contributed by atoms with van der Waals surface area (Å²) >= 11 is 0. The quantitative estimate of drug-likeness (QED) is 0.671. The first-order valence-electron chi connectivity index (χ1n) is 6.31. The van der Waals surface area contributed by atoms with E-state index >= 15 is 0 Å². The van der Waals surface area contributed by atoms with Crippen LogP contribution in [0.25, 0.3) is 0 Å². The maximum atomic E-state index is 11.8. The summed E-state index contributed by atoms with van der Waals surface area (Å²) in [6.07, 6.45) is 0.852. The SMILES string of the molecule is COc1cccc(OC(=O)CCc2ccccc2)c1O. The number of hydrogen-bond acceptors (Lipinski definition) is 4. The normalized spacial score (nSPS) is 10.1. The van der Waals surface area contributed by atoms with Crippen LogP contribution in [0.3, 0.4) is 0 Å². The summed E-state index contributed by atoms with van der Waals surface area (Å²) in [5.74, 6) is -0.166. The average Bonchev–Trinajstić information content (AvgIpc) is 2.48. The van der Waals surface area contributed by atoms with Crippen molar-refractivity contribution in [3.8, 4) is 17.2 Å². The zero-order chi connectivity index (χ0) is 14.4. The molecule has 20 heavy (non-hydrogen) atoms. The van der Waals surface area contributed by atoms with E-state index in [0.717, 1.165) is 5.56 Å². The molecule has 4 nitrogen and oxygen atoms in total. The van der Waals surface area contributed by atoms with Crippen LogP contribution in [0.5, 0.6) is 17.2 Å². The number of ether oxygens (including phenoxy) is 2. The smallest absolute Gasteiger partial charge is 0.311 e. The van der Waals surface area contributed by atoms with E-state index in [0.29, 0.717) is 6.42 Å². The summed E-state index contributed by atoms with van der Waals surface area (Å²) in [5, 5.41) is 9.82. The highest BCUT2D eigenvalue weighted by Gasteiger charge is 2.12. The van der Waals surface area contributed by atoms with Crippen LogP contribution in [0.1, 0.15) is 12.0 Å². The van der Waals surface area contributed by atoms with Crippen LogP contribution in [-0.4, -0.2) is 18.2 Å². The number of carbonyl (C=O) groups excluding carboxylic acids is 1. The third-order valence-electron chi connectivity index (χ3n) is 2.87. The van der Waals surface area contributed by atoms with Crippen molar-refractivity contribution in [3.63, 3.8) is 0 Å². The van der Waals surface area contributed by atoms with Gasteiger partial charge in [-0.3, -0.25) is 4.79 Å². The minimum Gasteiger partial charge on any atom is -0.502 e. The lowest BCUT2D eigenvalue weighted by Crippen LogP contribution is -2.09. The van der Waals surface area contributed by atoms with Crippen LogP contribution in [-0.2, 0) is 11.2 Å². The molecule has 0 bridgehead atoms. The van der Waals surface area contributed by atoms with Gasteiger partial charge < -0.3 is 14.6 Å². The Kier molecular flexibility index (Phi) is 4.60. The van der Waals surface area contributed by atoms with E-state index < -0.39 is 5.97 Å². The Bertz CT molecular complexity index is 578. The van der Waals surface area contributed by atoms with Crippen LogP contribution in [0.2, 0.25) is 0 Å². The predicted molar refractivity (Wildman–Crippen MR) is 75.1 cm³/mol. The van der Waals surface area contributed by atoms with E-state index in [1.54, 1.807) is 12.1 Å². The van der Waals surface area contributed by atoms with Gasteiger partial charge in [-0.05, 0) is 24.1 Å². The molecular weight excluding hydrogens is 256 g/mol. The monoisotopic (exact) mass is 272 g/mol. The summed E-state index contributed by atoms with van der Waals surface area (Å²) in [6.45, 7) is 0. The highest BCUT2D eigenvalue weighted by atomic mass is 16.5. The standard InChI is InChI=1S/C16H16O4/c1-19-13-8-5-9-14(16(13)18)20-15(17)11-10-12-6-3-2-4-7-12/h2-9,18H,10-11H2,1H3. The van der Waals surface area contributed by atoms with E-state index in [1.807, 2.05) is 30.3 Å².